The molecule has 132 valence electrons. The van der Waals surface area contributed by atoms with E-state index in [-0.39, 0.29) is 17.7 Å². The number of likely N-dealkylation sites (tertiary alicyclic amines) is 1. The Morgan fingerprint density at radius 1 is 1.04 bits per heavy atom. The van der Waals surface area contributed by atoms with Crippen molar-refractivity contribution in [1.82, 2.24) is 9.47 Å². The number of carbonyl (C=O) groups is 2. The maximum absolute atomic E-state index is 13.1. The average molecular weight is 347 g/mol. The van der Waals surface area contributed by atoms with Gasteiger partial charge in [-0.25, -0.2) is 0 Å². The van der Waals surface area contributed by atoms with Crippen molar-refractivity contribution in [2.24, 2.45) is 11.7 Å². The summed E-state index contributed by atoms with van der Waals surface area (Å²) in [5.41, 5.74) is 8.30. The van der Waals surface area contributed by atoms with Gasteiger partial charge in [-0.1, -0.05) is 48.5 Å². The molecule has 1 atom stereocenters. The minimum atomic E-state index is -0.327. The van der Waals surface area contributed by atoms with Crippen LogP contribution in [0.25, 0.3) is 10.9 Å². The first-order valence-electron chi connectivity index (χ1n) is 8.84. The summed E-state index contributed by atoms with van der Waals surface area (Å²) in [6.45, 7) is 1.69. The van der Waals surface area contributed by atoms with E-state index in [1.54, 1.807) is 4.90 Å². The lowest BCUT2D eigenvalue weighted by Gasteiger charge is -2.15. The summed E-state index contributed by atoms with van der Waals surface area (Å²) >= 11 is 0. The van der Waals surface area contributed by atoms with Crippen LogP contribution in [0.15, 0.2) is 60.8 Å². The molecule has 2 aromatic carbocycles. The number of carbonyl (C=O) groups excluding carboxylic acids is 2. The molecule has 3 aromatic rings. The van der Waals surface area contributed by atoms with E-state index in [1.807, 2.05) is 48.7 Å². The van der Waals surface area contributed by atoms with Crippen molar-refractivity contribution in [3.8, 4) is 0 Å². The zero-order chi connectivity index (χ0) is 18.1. The van der Waals surface area contributed by atoms with Crippen molar-refractivity contribution in [1.29, 1.82) is 0 Å². The third kappa shape index (κ3) is 2.96. The lowest BCUT2D eigenvalue weighted by atomic mass is 10.1. The second-order valence-corrected chi connectivity index (χ2v) is 6.81. The number of hydrogen-bond acceptors (Lipinski definition) is 2. The first-order valence-corrected chi connectivity index (χ1v) is 8.84. The zero-order valence-corrected chi connectivity index (χ0v) is 14.5. The zero-order valence-electron chi connectivity index (χ0n) is 14.5. The molecule has 1 aromatic heterocycles. The van der Waals surface area contributed by atoms with Crippen molar-refractivity contribution in [2.45, 2.75) is 13.0 Å². The Kier molecular flexibility index (Phi) is 4.21. The predicted octanol–water partition coefficient (Wildman–Crippen LogP) is 2.64. The molecule has 0 saturated carbocycles. The van der Waals surface area contributed by atoms with E-state index in [0.717, 1.165) is 10.9 Å². The summed E-state index contributed by atoms with van der Waals surface area (Å²) in [6.07, 6.45) is 2.57. The molecule has 0 radical (unpaired) electrons. The molecule has 1 aliphatic heterocycles. The van der Waals surface area contributed by atoms with Crippen LogP contribution in [0.3, 0.4) is 0 Å². The van der Waals surface area contributed by atoms with Crippen molar-refractivity contribution in [3.63, 3.8) is 0 Å². The van der Waals surface area contributed by atoms with Crippen LogP contribution in [-0.4, -0.2) is 34.4 Å². The van der Waals surface area contributed by atoms with Gasteiger partial charge in [0.15, 0.2) is 0 Å². The molecule has 2 amide bonds. The third-order valence-corrected chi connectivity index (χ3v) is 5.09. The van der Waals surface area contributed by atoms with E-state index in [2.05, 4.69) is 16.7 Å². The molecule has 1 aliphatic rings. The number of para-hydroxylation sites is 1. The number of hydrogen-bond donors (Lipinski definition) is 1. The average Bonchev–Trinajstić information content (AvgIpc) is 3.28. The minimum Gasteiger partial charge on any atom is -0.369 e. The Morgan fingerprint density at radius 2 is 1.77 bits per heavy atom. The van der Waals surface area contributed by atoms with Gasteiger partial charge in [0.2, 0.25) is 5.91 Å². The maximum Gasteiger partial charge on any atom is 0.256 e. The monoisotopic (exact) mass is 347 g/mol. The summed E-state index contributed by atoms with van der Waals surface area (Å²) in [5, 5.41) is 0.941. The largest absolute Gasteiger partial charge is 0.369 e. The van der Waals surface area contributed by atoms with Crippen molar-refractivity contribution in [2.75, 3.05) is 13.1 Å². The molecule has 1 fully saturated rings. The quantitative estimate of drug-likeness (QED) is 0.788. The number of rotatable bonds is 4. The van der Waals surface area contributed by atoms with E-state index in [1.165, 1.54) is 5.56 Å². The molecule has 5 nitrogen and oxygen atoms in total. The summed E-state index contributed by atoms with van der Waals surface area (Å²) in [7, 11) is 0. The molecule has 2 N–H and O–H groups in total. The van der Waals surface area contributed by atoms with Crippen LogP contribution in [0, 0.1) is 5.92 Å². The molecule has 0 spiro atoms. The molecule has 5 heteroatoms. The standard InChI is InChI=1S/C21H21N3O2/c22-20(25)16-10-11-23(13-16)21(26)18-14-24(12-15-6-2-1-3-7-15)19-9-5-4-8-17(18)19/h1-9,14,16H,10-13H2,(H2,22,25)/t16-/m0/s1. The van der Waals surface area contributed by atoms with Crippen molar-refractivity contribution >= 4 is 22.7 Å². The Labute approximate surface area is 152 Å². The normalized spacial score (nSPS) is 16.9. The van der Waals surface area contributed by atoms with Gasteiger partial charge in [0.1, 0.15) is 0 Å². The molecule has 0 unspecified atom stereocenters. The van der Waals surface area contributed by atoms with Crippen LogP contribution in [0.2, 0.25) is 0 Å². The number of aromatic nitrogens is 1. The number of primary amides is 1. The lowest BCUT2D eigenvalue weighted by Crippen LogP contribution is -2.31. The fraction of sp³-hybridized carbons (Fsp3) is 0.238. The van der Waals surface area contributed by atoms with Crippen LogP contribution in [0.4, 0.5) is 0 Å². The highest BCUT2D eigenvalue weighted by molar-refractivity contribution is 6.07. The van der Waals surface area contributed by atoms with Gasteiger partial charge < -0.3 is 15.2 Å². The summed E-state index contributed by atoms with van der Waals surface area (Å²) in [5.74, 6) is -0.597. The summed E-state index contributed by atoms with van der Waals surface area (Å²) < 4.78 is 2.11. The van der Waals surface area contributed by atoms with Crippen molar-refractivity contribution in [3.05, 3.63) is 71.9 Å². The van der Waals surface area contributed by atoms with Crippen LogP contribution in [-0.2, 0) is 11.3 Å². The van der Waals surface area contributed by atoms with Gasteiger partial charge in [0.05, 0.1) is 11.5 Å². The number of amides is 2. The van der Waals surface area contributed by atoms with Gasteiger partial charge in [-0.3, -0.25) is 9.59 Å². The molecule has 26 heavy (non-hydrogen) atoms. The fourth-order valence-corrected chi connectivity index (χ4v) is 3.68. The van der Waals surface area contributed by atoms with Crippen LogP contribution < -0.4 is 5.73 Å². The van der Waals surface area contributed by atoms with E-state index in [9.17, 15) is 9.59 Å². The van der Waals surface area contributed by atoms with Gasteiger partial charge >= 0.3 is 0 Å². The molecule has 1 saturated heterocycles. The SMILES string of the molecule is NC(=O)[C@H]1CCN(C(=O)c2cn(Cc3ccccc3)c3ccccc23)C1. The highest BCUT2D eigenvalue weighted by Gasteiger charge is 2.31. The number of nitrogens with two attached hydrogens (primary N) is 1. The van der Waals surface area contributed by atoms with Crippen LogP contribution in [0.5, 0.6) is 0 Å². The van der Waals surface area contributed by atoms with E-state index >= 15 is 0 Å². The van der Waals surface area contributed by atoms with Crippen LogP contribution in [0.1, 0.15) is 22.3 Å². The van der Waals surface area contributed by atoms with Crippen LogP contribution >= 0.6 is 0 Å². The summed E-state index contributed by atoms with van der Waals surface area (Å²) in [4.78, 5) is 26.2. The van der Waals surface area contributed by atoms with Crippen molar-refractivity contribution < 1.29 is 9.59 Å². The fourth-order valence-electron chi connectivity index (χ4n) is 3.68. The highest BCUT2D eigenvalue weighted by Crippen LogP contribution is 2.26. The number of nitrogens with zero attached hydrogens (tertiary/aromatic N) is 2. The number of fused-ring (bicyclic) bond motifs is 1. The Hall–Kier alpha value is -3.08. The highest BCUT2D eigenvalue weighted by atomic mass is 16.2. The molecule has 4 rings (SSSR count). The first-order chi connectivity index (χ1) is 12.6. The van der Waals surface area contributed by atoms with Gasteiger partial charge in [0.25, 0.3) is 5.91 Å². The Morgan fingerprint density at radius 3 is 2.50 bits per heavy atom. The van der Waals surface area contributed by atoms with Gasteiger partial charge in [-0.05, 0) is 18.1 Å². The van der Waals surface area contributed by atoms with Gasteiger partial charge in [-0.15, -0.1) is 0 Å². The predicted molar refractivity (Wildman–Crippen MR) is 101 cm³/mol. The molecular formula is C21H21N3O2. The molecule has 0 bridgehead atoms. The Balaban J connectivity index is 1.67. The van der Waals surface area contributed by atoms with Gasteiger partial charge in [0, 0.05) is 36.7 Å². The van der Waals surface area contributed by atoms with E-state index in [0.29, 0.717) is 31.6 Å². The van der Waals surface area contributed by atoms with E-state index < -0.39 is 0 Å². The smallest absolute Gasteiger partial charge is 0.256 e. The maximum atomic E-state index is 13.1. The molecule has 0 aliphatic carbocycles. The molecular weight excluding hydrogens is 326 g/mol. The lowest BCUT2D eigenvalue weighted by molar-refractivity contribution is -0.121. The topological polar surface area (TPSA) is 68.3 Å². The van der Waals surface area contributed by atoms with Gasteiger partial charge in [-0.2, -0.15) is 0 Å². The summed E-state index contributed by atoms with van der Waals surface area (Å²) in [6, 6.07) is 18.1. The third-order valence-electron chi connectivity index (χ3n) is 5.09. The second-order valence-electron chi connectivity index (χ2n) is 6.81. The second kappa shape index (κ2) is 6.67. The minimum absolute atomic E-state index is 0.0308. The number of benzene rings is 2. The van der Waals surface area contributed by atoms with E-state index in [4.69, 9.17) is 5.73 Å². The first kappa shape index (κ1) is 16.4. The molecule has 2 heterocycles. The Bertz CT molecular complexity index is 962.